The third kappa shape index (κ3) is 2.71. The highest BCUT2D eigenvalue weighted by atomic mass is 16.4. The Kier molecular flexibility index (Phi) is 3.76. The zero-order chi connectivity index (χ0) is 13.8. The molecule has 0 aliphatic carbocycles. The van der Waals surface area contributed by atoms with Crippen molar-refractivity contribution in [2.75, 3.05) is 0 Å². The topological polar surface area (TPSA) is 54.4 Å². The second-order valence-corrected chi connectivity index (χ2v) is 4.23. The maximum atomic E-state index is 11.6. The standard InChI is InChI=1S/C16H14O3/c1-2-11-10-13(12-6-4-3-5-7-12)8-9-14(11)15(17)16(18)19/h3-10H,2H2,1H3,(H,18,19). The lowest BCUT2D eigenvalue weighted by molar-refractivity contribution is -0.131. The molecule has 3 heteroatoms. The monoisotopic (exact) mass is 254 g/mol. The van der Waals surface area contributed by atoms with Crippen molar-refractivity contribution in [3.63, 3.8) is 0 Å². The highest BCUT2D eigenvalue weighted by molar-refractivity contribution is 6.40. The summed E-state index contributed by atoms with van der Waals surface area (Å²) in [6.45, 7) is 1.91. The number of carbonyl (C=O) groups excluding carboxylic acids is 1. The van der Waals surface area contributed by atoms with E-state index in [-0.39, 0.29) is 5.56 Å². The molecule has 19 heavy (non-hydrogen) atoms. The number of Topliss-reactive ketones (excluding diaryl/α,β-unsaturated/α-hetero) is 1. The van der Waals surface area contributed by atoms with Crippen LogP contribution in [0.15, 0.2) is 48.5 Å². The van der Waals surface area contributed by atoms with E-state index in [0.717, 1.165) is 16.7 Å². The van der Waals surface area contributed by atoms with Crippen LogP contribution < -0.4 is 0 Å². The Bertz CT molecular complexity index is 615. The van der Waals surface area contributed by atoms with E-state index in [9.17, 15) is 9.59 Å². The minimum absolute atomic E-state index is 0.273. The average molecular weight is 254 g/mol. The summed E-state index contributed by atoms with van der Waals surface area (Å²) in [7, 11) is 0. The Hall–Kier alpha value is -2.42. The first kappa shape index (κ1) is 13.0. The van der Waals surface area contributed by atoms with Crippen molar-refractivity contribution in [3.05, 3.63) is 59.7 Å². The molecule has 2 aromatic rings. The van der Waals surface area contributed by atoms with E-state index in [1.807, 2.05) is 43.3 Å². The molecule has 96 valence electrons. The lowest BCUT2D eigenvalue weighted by atomic mass is 9.96. The Labute approximate surface area is 111 Å². The minimum atomic E-state index is -1.41. The zero-order valence-electron chi connectivity index (χ0n) is 10.6. The molecule has 2 aromatic carbocycles. The van der Waals surface area contributed by atoms with Gasteiger partial charge < -0.3 is 5.11 Å². The Morgan fingerprint density at radius 1 is 1.00 bits per heavy atom. The third-order valence-electron chi connectivity index (χ3n) is 3.03. The summed E-state index contributed by atoms with van der Waals surface area (Å²) < 4.78 is 0. The van der Waals surface area contributed by atoms with Crippen molar-refractivity contribution < 1.29 is 14.7 Å². The number of carboxylic acids is 1. The fraction of sp³-hybridized carbons (Fsp3) is 0.125. The van der Waals surface area contributed by atoms with Crippen LogP contribution in [-0.2, 0) is 11.2 Å². The van der Waals surface area contributed by atoms with Gasteiger partial charge in [0.25, 0.3) is 5.78 Å². The molecule has 0 saturated heterocycles. The summed E-state index contributed by atoms with van der Waals surface area (Å²) in [4.78, 5) is 22.3. The molecule has 0 aromatic heterocycles. The van der Waals surface area contributed by atoms with Gasteiger partial charge in [0, 0.05) is 5.56 Å². The van der Waals surface area contributed by atoms with Gasteiger partial charge in [-0.1, -0.05) is 49.4 Å². The second kappa shape index (κ2) is 5.48. The van der Waals surface area contributed by atoms with Crippen LogP contribution in [0.3, 0.4) is 0 Å². The number of hydrogen-bond donors (Lipinski definition) is 1. The molecule has 0 fully saturated rings. The second-order valence-electron chi connectivity index (χ2n) is 4.23. The van der Waals surface area contributed by atoms with E-state index < -0.39 is 11.8 Å². The van der Waals surface area contributed by atoms with Gasteiger partial charge in [0.05, 0.1) is 0 Å². The van der Waals surface area contributed by atoms with Crippen molar-refractivity contribution in [2.45, 2.75) is 13.3 Å². The van der Waals surface area contributed by atoms with Crippen molar-refractivity contribution in [3.8, 4) is 11.1 Å². The molecule has 0 aliphatic rings. The first-order valence-corrected chi connectivity index (χ1v) is 6.09. The molecule has 0 aliphatic heterocycles. The molecule has 0 spiro atoms. The molecule has 0 atom stereocenters. The van der Waals surface area contributed by atoms with E-state index in [0.29, 0.717) is 6.42 Å². The fourth-order valence-electron chi connectivity index (χ4n) is 2.03. The van der Waals surface area contributed by atoms with E-state index >= 15 is 0 Å². The van der Waals surface area contributed by atoms with E-state index in [4.69, 9.17) is 5.11 Å². The predicted octanol–water partition coefficient (Wildman–Crippen LogP) is 3.18. The summed E-state index contributed by atoms with van der Waals surface area (Å²) in [6, 6.07) is 15.0. The van der Waals surface area contributed by atoms with Gasteiger partial charge in [-0.3, -0.25) is 4.79 Å². The van der Waals surface area contributed by atoms with Gasteiger partial charge in [-0.2, -0.15) is 0 Å². The highest BCUT2D eigenvalue weighted by Gasteiger charge is 2.18. The van der Waals surface area contributed by atoms with Crippen molar-refractivity contribution in [1.29, 1.82) is 0 Å². The molecule has 0 unspecified atom stereocenters. The molecular formula is C16H14O3. The molecule has 1 N–H and O–H groups in total. The highest BCUT2D eigenvalue weighted by Crippen LogP contribution is 2.23. The zero-order valence-corrected chi connectivity index (χ0v) is 10.6. The van der Waals surface area contributed by atoms with Gasteiger partial charge in [0.15, 0.2) is 0 Å². The van der Waals surface area contributed by atoms with Gasteiger partial charge in [0.1, 0.15) is 0 Å². The summed E-state index contributed by atoms with van der Waals surface area (Å²) in [5.41, 5.74) is 3.06. The quantitative estimate of drug-likeness (QED) is 0.673. The summed E-state index contributed by atoms with van der Waals surface area (Å²) in [5.74, 6) is -2.27. The van der Waals surface area contributed by atoms with Crippen LogP contribution >= 0.6 is 0 Å². The molecule has 2 rings (SSSR count). The van der Waals surface area contributed by atoms with Crippen molar-refractivity contribution >= 4 is 11.8 Å². The summed E-state index contributed by atoms with van der Waals surface area (Å²) in [6.07, 6.45) is 0.620. The first-order chi connectivity index (χ1) is 9.13. The Morgan fingerprint density at radius 3 is 2.26 bits per heavy atom. The van der Waals surface area contributed by atoms with Gasteiger partial charge in [0.2, 0.25) is 0 Å². The van der Waals surface area contributed by atoms with Crippen molar-refractivity contribution in [1.82, 2.24) is 0 Å². The van der Waals surface area contributed by atoms with E-state index in [1.165, 1.54) is 0 Å². The molecule has 3 nitrogen and oxygen atoms in total. The summed E-state index contributed by atoms with van der Waals surface area (Å²) >= 11 is 0. The number of benzene rings is 2. The molecule has 0 saturated carbocycles. The maximum absolute atomic E-state index is 11.6. The third-order valence-corrected chi connectivity index (χ3v) is 3.03. The molecule has 0 radical (unpaired) electrons. The van der Waals surface area contributed by atoms with Crippen LogP contribution in [-0.4, -0.2) is 16.9 Å². The lowest BCUT2D eigenvalue weighted by Gasteiger charge is -2.08. The van der Waals surface area contributed by atoms with Crippen LogP contribution in [0.1, 0.15) is 22.8 Å². The average Bonchev–Trinajstić information content (AvgIpc) is 2.46. The number of aliphatic carboxylic acids is 1. The molecular weight excluding hydrogens is 240 g/mol. The van der Waals surface area contributed by atoms with Crippen LogP contribution in [0, 0.1) is 0 Å². The minimum Gasteiger partial charge on any atom is -0.475 e. The lowest BCUT2D eigenvalue weighted by Crippen LogP contribution is -2.14. The van der Waals surface area contributed by atoms with Crippen LogP contribution in [0.4, 0.5) is 0 Å². The molecule has 0 amide bonds. The molecule has 0 bridgehead atoms. The van der Waals surface area contributed by atoms with Gasteiger partial charge >= 0.3 is 5.97 Å². The Morgan fingerprint density at radius 2 is 1.68 bits per heavy atom. The van der Waals surface area contributed by atoms with Gasteiger partial charge in [-0.15, -0.1) is 0 Å². The first-order valence-electron chi connectivity index (χ1n) is 6.09. The number of aryl methyl sites for hydroxylation is 1. The maximum Gasteiger partial charge on any atom is 0.377 e. The van der Waals surface area contributed by atoms with Crippen LogP contribution in [0.2, 0.25) is 0 Å². The number of ketones is 1. The SMILES string of the molecule is CCc1cc(-c2ccccc2)ccc1C(=O)C(=O)O. The van der Waals surface area contributed by atoms with E-state index in [2.05, 4.69) is 0 Å². The van der Waals surface area contributed by atoms with Crippen LogP contribution in [0.25, 0.3) is 11.1 Å². The number of hydrogen-bond acceptors (Lipinski definition) is 2. The predicted molar refractivity (Wildman–Crippen MR) is 73.2 cm³/mol. The Balaban J connectivity index is 2.48. The number of carboxylic acid groups (broad SMARTS) is 1. The smallest absolute Gasteiger partial charge is 0.377 e. The molecule has 0 heterocycles. The van der Waals surface area contributed by atoms with E-state index in [1.54, 1.807) is 12.1 Å². The normalized spacial score (nSPS) is 10.2. The fourth-order valence-corrected chi connectivity index (χ4v) is 2.03. The largest absolute Gasteiger partial charge is 0.475 e. The van der Waals surface area contributed by atoms with Crippen LogP contribution in [0.5, 0.6) is 0 Å². The van der Waals surface area contributed by atoms with Crippen molar-refractivity contribution in [2.24, 2.45) is 0 Å². The number of carbonyl (C=O) groups is 2. The number of rotatable bonds is 4. The van der Waals surface area contributed by atoms with Gasteiger partial charge in [-0.25, -0.2) is 4.79 Å². The van der Waals surface area contributed by atoms with Gasteiger partial charge in [-0.05, 0) is 29.2 Å². The summed E-state index contributed by atoms with van der Waals surface area (Å²) in [5, 5.41) is 8.79.